The standard InChI is InChI=1S/C16H12ClFN2OS2/c1-9(15(21)19-12-5-3-11(18)4-6-12)22-16-20-13-8-10(17)2-7-14(13)23-16/h2-9H,1H3,(H,19,21)/t9-/m1/s1. The van der Waals surface area contributed by atoms with Gasteiger partial charge >= 0.3 is 0 Å². The molecular weight excluding hydrogens is 355 g/mol. The van der Waals surface area contributed by atoms with Gasteiger partial charge in [0.2, 0.25) is 5.91 Å². The lowest BCUT2D eigenvalue weighted by Gasteiger charge is -2.10. The first-order valence-corrected chi connectivity index (χ1v) is 8.88. The SMILES string of the molecule is C[C@@H](Sc1nc2cc(Cl)ccc2s1)C(=O)Nc1ccc(F)cc1. The van der Waals surface area contributed by atoms with Crippen molar-refractivity contribution in [1.82, 2.24) is 4.98 Å². The molecule has 1 aromatic heterocycles. The van der Waals surface area contributed by atoms with Crippen LogP contribution in [0.5, 0.6) is 0 Å². The summed E-state index contributed by atoms with van der Waals surface area (Å²) in [4.78, 5) is 16.7. The number of aromatic nitrogens is 1. The predicted octanol–water partition coefficient (Wildman–Crippen LogP) is 5.21. The van der Waals surface area contributed by atoms with Crippen LogP contribution >= 0.6 is 34.7 Å². The molecule has 3 aromatic rings. The number of anilines is 1. The number of nitrogens with one attached hydrogen (secondary N) is 1. The quantitative estimate of drug-likeness (QED) is 0.644. The number of rotatable bonds is 4. The van der Waals surface area contributed by atoms with Crippen LogP contribution in [0.3, 0.4) is 0 Å². The largest absolute Gasteiger partial charge is 0.325 e. The number of nitrogens with zero attached hydrogens (tertiary/aromatic N) is 1. The van der Waals surface area contributed by atoms with Gasteiger partial charge in [-0.3, -0.25) is 4.79 Å². The van der Waals surface area contributed by atoms with Crippen LogP contribution in [0.1, 0.15) is 6.92 Å². The van der Waals surface area contributed by atoms with Crippen LogP contribution in [0.15, 0.2) is 46.8 Å². The van der Waals surface area contributed by atoms with Crippen LogP contribution in [0.25, 0.3) is 10.2 Å². The van der Waals surface area contributed by atoms with Gasteiger partial charge in [0.15, 0.2) is 4.34 Å². The summed E-state index contributed by atoms with van der Waals surface area (Å²) in [5, 5.41) is 3.08. The number of thioether (sulfide) groups is 1. The lowest BCUT2D eigenvalue weighted by molar-refractivity contribution is -0.115. The molecule has 0 unspecified atom stereocenters. The fourth-order valence-electron chi connectivity index (χ4n) is 1.91. The predicted molar refractivity (Wildman–Crippen MR) is 95.0 cm³/mol. The summed E-state index contributed by atoms with van der Waals surface area (Å²) in [7, 11) is 0. The molecule has 1 N–H and O–H groups in total. The van der Waals surface area contributed by atoms with Gasteiger partial charge in [-0.25, -0.2) is 9.37 Å². The number of halogens is 2. The molecule has 0 bridgehead atoms. The number of benzene rings is 2. The van der Waals surface area contributed by atoms with Crippen molar-refractivity contribution in [2.75, 3.05) is 5.32 Å². The zero-order valence-electron chi connectivity index (χ0n) is 12.0. The maximum absolute atomic E-state index is 12.9. The molecular formula is C16H12ClFN2OS2. The van der Waals surface area contributed by atoms with Crippen molar-refractivity contribution in [3.8, 4) is 0 Å². The number of carbonyl (C=O) groups excluding carboxylic acids is 1. The van der Waals surface area contributed by atoms with Gasteiger partial charge in [-0.2, -0.15) is 0 Å². The Kier molecular flexibility index (Phi) is 4.84. The molecule has 3 nitrogen and oxygen atoms in total. The number of fused-ring (bicyclic) bond motifs is 1. The van der Waals surface area contributed by atoms with Gasteiger partial charge in [0.05, 0.1) is 15.5 Å². The van der Waals surface area contributed by atoms with Crippen molar-refractivity contribution in [2.24, 2.45) is 0 Å². The first kappa shape index (κ1) is 16.2. The van der Waals surface area contributed by atoms with Gasteiger partial charge in [0, 0.05) is 10.7 Å². The topological polar surface area (TPSA) is 42.0 Å². The second-order valence-corrected chi connectivity index (χ2v) is 7.90. The van der Waals surface area contributed by atoms with Crippen LogP contribution < -0.4 is 5.32 Å². The second-order valence-electron chi connectivity index (χ2n) is 4.85. The Morgan fingerprint density at radius 2 is 2.04 bits per heavy atom. The van der Waals surface area contributed by atoms with Gasteiger partial charge in [-0.05, 0) is 49.4 Å². The average Bonchev–Trinajstić information content (AvgIpc) is 2.90. The molecule has 0 aliphatic rings. The Hall–Kier alpha value is -1.63. The van der Waals surface area contributed by atoms with Gasteiger partial charge < -0.3 is 5.32 Å². The maximum Gasteiger partial charge on any atom is 0.237 e. The van der Waals surface area contributed by atoms with Crippen molar-refractivity contribution < 1.29 is 9.18 Å². The second kappa shape index (κ2) is 6.86. The Morgan fingerprint density at radius 1 is 1.30 bits per heavy atom. The smallest absolute Gasteiger partial charge is 0.237 e. The number of carbonyl (C=O) groups is 1. The van der Waals surface area contributed by atoms with Crippen LogP contribution in [-0.4, -0.2) is 16.1 Å². The summed E-state index contributed by atoms with van der Waals surface area (Å²) < 4.78 is 14.7. The first-order valence-electron chi connectivity index (χ1n) is 6.80. The van der Waals surface area contributed by atoms with E-state index in [1.165, 1.54) is 47.4 Å². The molecule has 2 aromatic carbocycles. The Labute approximate surface area is 145 Å². The summed E-state index contributed by atoms with van der Waals surface area (Å²) in [5.74, 6) is -0.488. The zero-order valence-corrected chi connectivity index (χ0v) is 14.4. The van der Waals surface area contributed by atoms with Crippen LogP contribution in [0, 0.1) is 5.82 Å². The van der Waals surface area contributed by atoms with Crippen molar-refractivity contribution in [3.63, 3.8) is 0 Å². The van der Waals surface area contributed by atoms with Gasteiger partial charge in [-0.15, -0.1) is 11.3 Å². The minimum atomic E-state index is -0.335. The van der Waals surface area contributed by atoms with Gasteiger partial charge in [-0.1, -0.05) is 23.4 Å². The number of hydrogen-bond donors (Lipinski definition) is 1. The Bertz CT molecular complexity index is 851. The molecule has 1 atom stereocenters. The van der Waals surface area contributed by atoms with E-state index < -0.39 is 0 Å². The fraction of sp³-hybridized carbons (Fsp3) is 0.125. The van der Waals surface area contributed by atoms with Gasteiger partial charge in [0.25, 0.3) is 0 Å². The number of hydrogen-bond acceptors (Lipinski definition) is 4. The molecule has 0 aliphatic heterocycles. The van der Waals surface area contributed by atoms with E-state index in [4.69, 9.17) is 11.6 Å². The van der Waals surface area contributed by atoms with E-state index in [0.717, 1.165) is 14.6 Å². The van der Waals surface area contributed by atoms with Crippen molar-refractivity contribution >= 4 is 56.5 Å². The molecule has 118 valence electrons. The van der Waals surface area contributed by atoms with Crippen LogP contribution in [0.2, 0.25) is 5.02 Å². The van der Waals surface area contributed by atoms with E-state index in [0.29, 0.717) is 10.7 Å². The molecule has 0 spiro atoms. The summed E-state index contributed by atoms with van der Waals surface area (Å²) in [5.41, 5.74) is 1.40. The first-order chi connectivity index (χ1) is 11.0. The van der Waals surface area contributed by atoms with E-state index in [9.17, 15) is 9.18 Å². The molecule has 3 rings (SSSR count). The van der Waals surface area contributed by atoms with E-state index in [-0.39, 0.29) is 17.0 Å². The molecule has 1 amide bonds. The molecule has 1 heterocycles. The van der Waals surface area contributed by atoms with Crippen LogP contribution in [0.4, 0.5) is 10.1 Å². The molecule has 7 heteroatoms. The minimum absolute atomic E-state index is 0.154. The van der Waals surface area contributed by atoms with E-state index >= 15 is 0 Å². The maximum atomic E-state index is 12.9. The highest BCUT2D eigenvalue weighted by Gasteiger charge is 2.17. The molecule has 0 saturated carbocycles. The minimum Gasteiger partial charge on any atom is -0.325 e. The summed E-state index contributed by atoms with van der Waals surface area (Å²) in [6.07, 6.45) is 0. The summed E-state index contributed by atoms with van der Waals surface area (Å²) >= 11 is 8.86. The normalized spacial score (nSPS) is 12.3. The fourth-order valence-corrected chi connectivity index (χ4v) is 4.27. The third-order valence-electron chi connectivity index (χ3n) is 3.09. The third kappa shape index (κ3) is 4.02. The summed E-state index contributed by atoms with van der Waals surface area (Å²) in [6, 6.07) is 11.2. The highest BCUT2D eigenvalue weighted by atomic mass is 35.5. The number of amides is 1. The van der Waals surface area contributed by atoms with E-state index in [1.54, 1.807) is 6.07 Å². The molecule has 0 aliphatic carbocycles. The average molecular weight is 367 g/mol. The lowest BCUT2D eigenvalue weighted by Crippen LogP contribution is -2.22. The van der Waals surface area contributed by atoms with E-state index in [2.05, 4.69) is 10.3 Å². The van der Waals surface area contributed by atoms with Crippen molar-refractivity contribution in [3.05, 3.63) is 53.3 Å². The molecule has 0 fully saturated rings. The molecule has 0 radical (unpaired) electrons. The number of thiazole rings is 1. The Morgan fingerprint density at radius 3 is 2.78 bits per heavy atom. The Balaban J connectivity index is 1.68. The van der Waals surface area contributed by atoms with Crippen molar-refractivity contribution in [2.45, 2.75) is 16.5 Å². The van der Waals surface area contributed by atoms with Crippen LogP contribution in [-0.2, 0) is 4.79 Å². The summed E-state index contributed by atoms with van der Waals surface area (Å²) in [6.45, 7) is 1.81. The zero-order chi connectivity index (χ0) is 16.4. The highest BCUT2D eigenvalue weighted by molar-refractivity contribution is 8.02. The third-order valence-corrected chi connectivity index (χ3v) is 5.55. The van der Waals surface area contributed by atoms with Gasteiger partial charge in [0.1, 0.15) is 5.82 Å². The highest BCUT2D eigenvalue weighted by Crippen LogP contribution is 2.33. The van der Waals surface area contributed by atoms with E-state index in [1.807, 2.05) is 19.1 Å². The monoisotopic (exact) mass is 366 g/mol. The lowest BCUT2D eigenvalue weighted by atomic mass is 10.3. The van der Waals surface area contributed by atoms with Crippen molar-refractivity contribution in [1.29, 1.82) is 0 Å². The molecule has 0 saturated heterocycles. The molecule has 23 heavy (non-hydrogen) atoms.